The van der Waals surface area contributed by atoms with Gasteiger partial charge in [-0.05, 0) is 48.5 Å². The molecule has 2 aromatic carbocycles. The number of esters is 2. The Hall–Kier alpha value is -2.71. The molecule has 1 N–H and O–H groups in total. The number of rotatable bonds is 4. The van der Waals surface area contributed by atoms with Gasteiger partial charge in [-0.2, -0.15) is 8.42 Å². The molecule has 23 heavy (non-hydrogen) atoms. The molecule has 0 unspecified atom stereocenters. The van der Waals surface area contributed by atoms with E-state index in [2.05, 4.69) is 4.74 Å². The van der Waals surface area contributed by atoms with Gasteiger partial charge in [0.05, 0.1) is 23.1 Å². The van der Waals surface area contributed by atoms with E-state index >= 15 is 0 Å². The van der Waals surface area contributed by atoms with Crippen LogP contribution >= 0.6 is 0 Å². The number of ether oxygens (including phenoxy) is 2. The standard InChI is InChI=1S/C15H12O7S/c1-21-14(16)10-2-4-11(5-3-10)15(17)22-12-6-8-13(9-7-12)23(18,19)20/h2-9H,1H3,(H,18,19,20). The van der Waals surface area contributed by atoms with E-state index in [1.165, 1.54) is 43.5 Å². The zero-order chi connectivity index (χ0) is 17.0. The molecular weight excluding hydrogens is 324 g/mol. The van der Waals surface area contributed by atoms with Crippen LogP contribution in [0.4, 0.5) is 0 Å². The lowest BCUT2D eigenvalue weighted by Gasteiger charge is -2.05. The van der Waals surface area contributed by atoms with Crippen LogP contribution in [0.3, 0.4) is 0 Å². The van der Waals surface area contributed by atoms with Gasteiger partial charge in [-0.1, -0.05) is 0 Å². The van der Waals surface area contributed by atoms with E-state index in [0.29, 0.717) is 5.56 Å². The summed E-state index contributed by atoms with van der Waals surface area (Å²) >= 11 is 0. The van der Waals surface area contributed by atoms with Crippen LogP contribution in [-0.2, 0) is 14.9 Å². The molecule has 0 atom stereocenters. The monoisotopic (exact) mass is 336 g/mol. The third-order valence-electron chi connectivity index (χ3n) is 2.87. The summed E-state index contributed by atoms with van der Waals surface area (Å²) in [5.41, 5.74) is 0.498. The minimum Gasteiger partial charge on any atom is -0.465 e. The molecule has 0 aliphatic rings. The van der Waals surface area contributed by atoms with E-state index < -0.39 is 22.1 Å². The SMILES string of the molecule is COC(=O)c1ccc(C(=O)Oc2ccc(S(=O)(=O)O)cc2)cc1. The molecule has 120 valence electrons. The van der Waals surface area contributed by atoms with Gasteiger partial charge in [-0.15, -0.1) is 0 Å². The number of hydrogen-bond acceptors (Lipinski definition) is 6. The van der Waals surface area contributed by atoms with Crippen molar-refractivity contribution in [1.29, 1.82) is 0 Å². The van der Waals surface area contributed by atoms with Gasteiger partial charge in [0.1, 0.15) is 5.75 Å². The highest BCUT2D eigenvalue weighted by molar-refractivity contribution is 7.85. The molecule has 7 nitrogen and oxygen atoms in total. The van der Waals surface area contributed by atoms with Crippen molar-refractivity contribution in [2.45, 2.75) is 4.90 Å². The molecule has 0 saturated heterocycles. The van der Waals surface area contributed by atoms with Gasteiger partial charge in [-0.25, -0.2) is 9.59 Å². The summed E-state index contributed by atoms with van der Waals surface area (Å²) in [6.45, 7) is 0. The van der Waals surface area contributed by atoms with Crippen LogP contribution in [0.2, 0.25) is 0 Å². The number of hydrogen-bond donors (Lipinski definition) is 1. The highest BCUT2D eigenvalue weighted by atomic mass is 32.2. The zero-order valence-electron chi connectivity index (χ0n) is 11.9. The maximum atomic E-state index is 11.9. The van der Waals surface area contributed by atoms with Gasteiger partial charge in [0.15, 0.2) is 0 Å². The van der Waals surface area contributed by atoms with Crippen LogP contribution in [0.1, 0.15) is 20.7 Å². The predicted octanol–water partition coefficient (Wildman–Crippen LogP) is 1.94. The topological polar surface area (TPSA) is 107 Å². The minimum absolute atomic E-state index is 0.111. The van der Waals surface area contributed by atoms with Crippen LogP contribution in [0.25, 0.3) is 0 Å². The predicted molar refractivity (Wildman–Crippen MR) is 79.0 cm³/mol. The summed E-state index contributed by atoms with van der Waals surface area (Å²) in [4.78, 5) is 22.9. The molecule has 0 heterocycles. The van der Waals surface area contributed by atoms with Crippen molar-refractivity contribution in [2.24, 2.45) is 0 Å². The molecule has 8 heteroatoms. The first kappa shape index (κ1) is 16.7. The highest BCUT2D eigenvalue weighted by Gasteiger charge is 2.13. The minimum atomic E-state index is -4.30. The number of carbonyl (C=O) groups is 2. The molecule has 0 aromatic heterocycles. The van der Waals surface area contributed by atoms with Gasteiger partial charge in [0, 0.05) is 0 Å². The van der Waals surface area contributed by atoms with Gasteiger partial charge in [0.25, 0.3) is 10.1 Å². The average Bonchev–Trinajstić information content (AvgIpc) is 2.54. The second-order valence-electron chi connectivity index (χ2n) is 4.40. The highest BCUT2D eigenvalue weighted by Crippen LogP contribution is 2.17. The maximum absolute atomic E-state index is 11.9. The van der Waals surface area contributed by atoms with Gasteiger partial charge in [-0.3, -0.25) is 4.55 Å². The van der Waals surface area contributed by atoms with E-state index in [4.69, 9.17) is 9.29 Å². The Balaban J connectivity index is 2.11. The number of methoxy groups -OCH3 is 1. The third-order valence-corrected chi connectivity index (χ3v) is 3.74. The summed E-state index contributed by atoms with van der Waals surface area (Å²) in [5.74, 6) is -1.09. The molecule has 0 radical (unpaired) electrons. The Morgan fingerprint density at radius 3 is 1.78 bits per heavy atom. The van der Waals surface area contributed by atoms with Gasteiger partial charge >= 0.3 is 11.9 Å². The zero-order valence-corrected chi connectivity index (χ0v) is 12.7. The molecule has 0 bridgehead atoms. The van der Waals surface area contributed by atoms with Gasteiger partial charge in [0.2, 0.25) is 0 Å². The summed E-state index contributed by atoms with van der Waals surface area (Å²) in [7, 11) is -3.05. The van der Waals surface area contributed by atoms with E-state index in [9.17, 15) is 18.0 Å². The fourth-order valence-electron chi connectivity index (χ4n) is 1.71. The van der Waals surface area contributed by atoms with Crippen molar-refractivity contribution >= 4 is 22.1 Å². The van der Waals surface area contributed by atoms with Crippen molar-refractivity contribution in [3.8, 4) is 5.75 Å². The molecule has 0 aliphatic carbocycles. The normalized spacial score (nSPS) is 10.9. The van der Waals surface area contributed by atoms with Crippen molar-refractivity contribution < 1.29 is 32.0 Å². The van der Waals surface area contributed by atoms with Crippen molar-refractivity contribution in [3.63, 3.8) is 0 Å². The maximum Gasteiger partial charge on any atom is 0.343 e. The van der Waals surface area contributed by atoms with E-state index in [1.807, 2.05) is 0 Å². The smallest absolute Gasteiger partial charge is 0.343 e. The Labute approximate surface area is 132 Å². The molecular formula is C15H12O7S. The molecule has 0 spiro atoms. The van der Waals surface area contributed by atoms with Crippen LogP contribution in [0, 0.1) is 0 Å². The first-order valence-electron chi connectivity index (χ1n) is 6.29. The summed E-state index contributed by atoms with van der Waals surface area (Å²) in [6, 6.07) is 10.3. The van der Waals surface area contributed by atoms with Gasteiger partial charge < -0.3 is 9.47 Å². The summed E-state index contributed by atoms with van der Waals surface area (Å²) in [5, 5.41) is 0. The summed E-state index contributed by atoms with van der Waals surface area (Å²) < 4.78 is 40.3. The Kier molecular flexibility index (Phi) is 4.77. The Morgan fingerprint density at radius 2 is 1.35 bits per heavy atom. The van der Waals surface area contributed by atoms with Crippen LogP contribution in [0.15, 0.2) is 53.4 Å². The molecule has 0 saturated carbocycles. The second-order valence-corrected chi connectivity index (χ2v) is 5.83. The fraction of sp³-hybridized carbons (Fsp3) is 0.0667. The second kappa shape index (κ2) is 6.59. The Bertz CT molecular complexity index is 821. The largest absolute Gasteiger partial charge is 0.465 e. The number of benzene rings is 2. The lowest BCUT2D eigenvalue weighted by Crippen LogP contribution is -2.09. The Morgan fingerprint density at radius 1 is 0.870 bits per heavy atom. The number of carbonyl (C=O) groups excluding carboxylic acids is 2. The lowest BCUT2D eigenvalue weighted by atomic mass is 10.1. The van der Waals surface area contributed by atoms with E-state index in [0.717, 1.165) is 12.1 Å². The van der Waals surface area contributed by atoms with E-state index in [1.54, 1.807) is 0 Å². The van der Waals surface area contributed by atoms with Crippen molar-refractivity contribution in [3.05, 3.63) is 59.7 Å². The molecule has 0 amide bonds. The van der Waals surface area contributed by atoms with E-state index in [-0.39, 0.29) is 16.2 Å². The first-order chi connectivity index (χ1) is 10.8. The van der Waals surface area contributed by atoms with Crippen molar-refractivity contribution in [2.75, 3.05) is 7.11 Å². The first-order valence-corrected chi connectivity index (χ1v) is 7.73. The van der Waals surface area contributed by atoms with Crippen LogP contribution in [0.5, 0.6) is 5.75 Å². The summed E-state index contributed by atoms with van der Waals surface area (Å²) in [6.07, 6.45) is 0. The van der Waals surface area contributed by atoms with Crippen LogP contribution < -0.4 is 4.74 Å². The quantitative estimate of drug-likeness (QED) is 0.516. The molecule has 2 rings (SSSR count). The lowest BCUT2D eigenvalue weighted by molar-refractivity contribution is 0.0599. The molecule has 0 fully saturated rings. The fourth-order valence-corrected chi connectivity index (χ4v) is 2.19. The molecule has 0 aliphatic heterocycles. The van der Waals surface area contributed by atoms with Crippen molar-refractivity contribution in [1.82, 2.24) is 0 Å². The van der Waals surface area contributed by atoms with Crippen LogP contribution in [-0.4, -0.2) is 32.0 Å². The third kappa shape index (κ3) is 4.15. The average molecular weight is 336 g/mol. The molecule has 2 aromatic rings.